The first kappa shape index (κ1) is 51.8. The van der Waals surface area contributed by atoms with Crippen LogP contribution in [-0.2, 0) is 53.6 Å². The molecule has 0 fully saturated rings. The van der Waals surface area contributed by atoms with Crippen LogP contribution >= 0.6 is 0 Å². The zero-order chi connectivity index (χ0) is 51.7. The molecule has 0 spiro atoms. The quantitative estimate of drug-likeness (QED) is 0.169. The number of aromatic nitrogens is 3. The summed E-state index contributed by atoms with van der Waals surface area (Å²) in [7, 11) is 0. The van der Waals surface area contributed by atoms with Crippen molar-refractivity contribution < 1.29 is 26.2 Å². The van der Waals surface area contributed by atoms with Gasteiger partial charge in [0.25, 0.3) is 0 Å². The van der Waals surface area contributed by atoms with Gasteiger partial charge in [0, 0.05) is 44.1 Å². The molecule has 0 radical (unpaired) electrons. The monoisotopic (exact) mass is 1140 g/mol. The van der Waals surface area contributed by atoms with Crippen molar-refractivity contribution in [3.63, 3.8) is 0 Å². The number of para-hydroxylation sites is 1. The number of imidazole rings is 1. The summed E-state index contributed by atoms with van der Waals surface area (Å²) in [6.07, 6.45) is 1.95. The van der Waals surface area contributed by atoms with E-state index in [0.29, 0.717) is 11.4 Å². The molecule has 4 nitrogen and oxygen atoms in total. The molecule has 5 heteroatoms. The van der Waals surface area contributed by atoms with Gasteiger partial charge in [0.15, 0.2) is 0 Å². The summed E-state index contributed by atoms with van der Waals surface area (Å²) in [4.78, 5) is 10.8. The summed E-state index contributed by atoms with van der Waals surface area (Å²) in [5.41, 5.74) is 18.2. The van der Waals surface area contributed by atoms with Gasteiger partial charge in [-0.05, 0) is 113 Å². The molecule has 0 amide bonds. The number of phenols is 1. The van der Waals surface area contributed by atoms with E-state index < -0.39 is 0 Å². The Bertz CT molecular complexity index is 3600. The van der Waals surface area contributed by atoms with Gasteiger partial charge >= 0.3 is 0 Å². The van der Waals surface area contributed by atoms with E-state index in [2.05, 4.69) is 255 Å². The molecule has 1 N–H and O–H groups in total. The van der Waals surface area contributed by atoms with E-state index in [0.717, 1.165) is 66.9 Å². The second kappa shape index (κ2) is 17.8. The zero-order valence-corrected chi connectivity index (χ0v) is 48.2. The second-order valence-electron chi connectivity index (χ2n) is 25.7. The molecule has 2 heterocycles. The van der Waals surface area contributed by atoms with Crippen molar-refractivity contribution in [2.45, 2.75) is 143 Å². The maximum atomic E-state index is 12.6. The Labute approximate surface area is 449 Å². The predicted octanol–water partition coefficient (Wildman–Crippen LogP) is 18.2. The molecule has 0 saturated carbocycles. The van der Waals surface area contributed by atoms with Gasteiger partial charge < -0.3 is 5.11 Å². The zero-order valence-electron chi connectivity index (χ0n) is 45.9. The largest absolute Gasteiger partial charge is 0.507 e. The third-order valence-corrected chi connectivity index (χ3v) is 16.2. The molecule has 0 atom stereocenters. The average Bonchev–Trinajstić information content (AvgIpc) is 3.78. The number of nitrogens with zero attached hydrogens (tertiary/aromatic N) is 3. The molecule has 0 bridgehead atoms. The van der Waals surface area contributed by atoms with Crippen LogP contribution in [0.1, 0.15) is 144 Å². The van der Waals surface area contributed by atoms with Gasteiger partial charge in [0.05, 0.1) is 22.3 Å². The van der Waals surface area contributed by atoms with E-state index in [-0.39, 0.29) is 59.3 Å². The molecular formula is C68H72N3OPt-. The van der Waals surface area contributed by atoms with E-state index in [9.17, 15) is 5.11 Å². The summed E-state index contributed by atoms with van der Waals surface area (Å²) >= 11 is 0. The molecule has 7 aromatic carbocycles. The summed E-state index contributed by atoms with van der Waals surface area (Å²) < 4.78 is 2.29. The minimum atomic E-state index is -0.335. The molecule has 0 unspecified atom stereocenters. The Kier molecular flexibility index (Phi) is 12.6. The van der Waals surface area contributed by atoms with Gasteiger partial charge in [-0.3, -0.25) is 9.55 Å². The van der Waals surface area contributed by atoms with Crippen molar-refractivity contribution in [2.75, 3.05) is 0 Å². The fraction of sp³-hybridized carbons (Fsp3) is 0.324. The third-order valence-electron chi connectivity index (χ3n) is 16.2. The van der Waals surface area contributed by atoms with E-state index in [4.69, 9.17) is 9.97 Å². The summed E-state index contributed by atoms with van der Waals surface area (Å²) in [5, 5.41) is 15.3. The molecule has 73 heavy (non-hydrogen) atoms. The Morgan fingerprint density at radius 3 is 1.78 bits per heavy atom. The van der Waals surface area contributed by atoms with E-state index in [1.54, 1.807) is 0 Å². The van der Waals surface area contributed by atoms with Crippen LogP contribution in [0.25, 0.3) is 83.5 Å². The Morgan fingerprint density at radius 2 is 1.12 bits per heavy atom. The Hall–Kier alpha value is -6.09. The molecule has 2 aromatic heterocycles. The number of hydrogen-bond acceptors (Lipinski definition) is 3. The summed E-state index contributed by atoms with van der Waals surface area (Å²) in [6, 6.07) is 52.8. The average molecular weight is 1140 g/mol. The molecule has 1 aliphatic rings. The van der Waals surface area contributed by atoms with Crippen molar-refractivity contribution in [2.24, 2.45) is 0 Å². The summed E-state index contributed by atoms with van der Waals surface area (Å²) in [5.74, 6) is 0.939. The first-order chi connectivity index (χ1) is 33.7. The molecule has 376 valence electrons. The van der Waals surface area contributed by atoms with Crippen molar-refractivity contribution >= 4 is 21.8 Å². The standard InChI is InChI=1S/C68H72N3O.Pt/c1-63(2,3)45-28-31-57(51(38-45)41-22-18-17-19-23-41)71-58-27-21-24-49(60(58)70-62(71)52-39-47(65(7,8)9)40-55(61(52)72)66(10,11)12)43-34-44(36-46(35-43)64(4,5)6)56-37-42(32-33-69-56)48-29-30-54-59-50(48)25-20-26-53(59)67(13,14)68(54,15)16;/h17-33,35-40,72H,1-16H3;/q-1;. The van der Waals surface area contributed by atoms with Gasteiger partial charge in [-0.25, -0.2) is 4.98 Å². The third kappa shape index (κ3) is 8.80. The van der Waals surface area contributed by atoms with Gasteiger partial charge in [-0.2, -0.15) is 0 Å². The van der Waals surface area contributed by atoms with Crippen LogP contribution in [0.4, 0.5) is 0 Å². The van der Waals surface area contributed by atoms with Crippen LogP contribution in [0.2, 0.25) is 0 Å². The van der Waals surface area contributed by atoms with Crippen LogP contribution < -0.4 is 0 Å². The maximum Gasteiger partial charge on any atom is 0.148 e. The summed E-state index contributed by atoms with van der Waals surface area (Å²) in [6.45, 7) is 36.4. The molecule has 0 saturated heterocycles. The van der Waals surface area contributed by atoms with Gasteiger partial charge in [0.2, 0.25) is 0 Å². The number of phenolic OH excluding ortho intramolecular Hbond substituents is 1. The first-order valence-electron chi connectivity index (χ1n) is 25.9. The van der Waals surface area contributed by atoms with Crippen LogP contribution in [0.5, 0.6) is 5.75 Å². The van der Waals surface area contributed by atoms with Crippen molar-refractivity contribution in [3.05, 3.63) is 179 Å². The smallest absolute Gasteiger partial charge is 0.148 e. The number of rotatable bonds is 6. The minimum Gasteiger partial charge on any atom is -0.507 e. The number of hydrogen-bond donors (Lipinski definition) is 1. The van der Waals surface area contributed by atoms with Crippen LogP contribution in [0.3, 0.4) is 0 Å². The molecule has 0 aliphatic heterocycles. The number of fused-ring (bicyclic) bond motifs is 1. The number of pyridine rings is 1. The Balaban J connectivity index is 0.00000656. The number of aromatic hydroxyl groups is 1. The Morgan fingerprint density at radius 1 is 0.507 bits per heavy atom. The topological polar surface area (TPSA) is 50.9 Å². The van der Waals surface area contributed by atoms with Crippen molar-refractivity contribution in [1.29, 1.82) is 0 Å². The maximum absolute atomic E-state index is 12.6. The van der Waals surface area contributed by atoms with Gasteiger partial charge in [-0.15, -0.1) is 29.3 Å². The first-order valence-corrected chi connectivity index (χ1v) is 25.9. The van der Waals surface area contributed by atoms with E-state index >= 15 is 0 Å². The van der Waals surface area contributed by atoms with Crippen LogP contribution in [0.15, 0.2) is 140 Å². The van der Waals surface area contributed by atoms with Crippen LogP contribution in [-0.4, -0.2) is 19.6 Å². The van der Waals surface area contributed by atoms with Gasteiger partial charge in [-0.1, -0.05) is 213 Å². The molecule has 1 aliphatic carbocycles. The van der Waals surface area contributed by atoms with Crippen molar-refractivity contribution in [1.82, 2.24) is 14.5 Å². The SMILES string of the molecule is CC(C)(C)c1cc(-c2cc(-c3ccc4c5c(cccc35)C(C)(C)C4(C)C)ccn2)[c-]c(-c2cccc3c2nc(-c2cc(C(C)(C)C)cc(C(C)(C)C)c2O)n3-c2ccc(C(C)(C)C)cc2-c2ccccc2)c1.[Pt]. The molecule has 10 rings (SSSR count). The fourth-order valence-corrected chi connectivity index (χ4v) is 11.0. The van der Waals surface area contributed by atoms with Crippen LogP contribution in [0, 0.1) is 6.07 Å². The second-order valence-corrected chi connectivity index (χ2v) is 25.7. The number of benzene rings is 7. The fourth-order valence-electron chi connectivity index (χ4n) is 11.0. The molecular weight excluding hydrogens is 1070 g/mol. The van der Waals surface area contributed by atoms with Gasteiger partial charge in [0.1, 0.15) is 11.6 Å². The normalized spacial score (nSPS) is 14.5. The van der Waals surface area contributed by atoms with Crippen molar-refractivity contribution in [3.8, 4) is 67.5 Å². The predicted molar refractivity (Wildman–Crippen MR) is 305 cm³/mol. The minimum absolute atomic E-state index is 0. The van der Waals surface area contributed by atoms with E-state index in [1.807, 2.05) is 6.20 Å². The molecule has 9 aromatic rings. The van der Waals surface area contributed by atoms with E-state index in [1.165, 1.54) is 38.6 Å².